The summed E-state index contributed by atoms with van der Waals surface area (Å²) in [7, 11) is 1.55. The molecular formula is C27H27N3O4S. The molecule has 1 unspecified atom stereocenters. The fraction of sp³-hybridized carbons (Fsp3) is 0.222. The molecule has 0 bridgehead atoms. The number of carbonyl (C=O) groups excluding carboxylic acids is 2. The highest BCUT2D eigenvalue weighted by atomic mass is 32.2. The number of aliphatic imine (C=N–C) groups is 1. The van der Waals surface area contributed by atoms with E-state index in [1.165, 1.54) is 11.8 Å². The van der Waals surface area contributed by atoms with E-state index in [4.69, 9.17) is 14.5 Å². The van der Waals surface area contributed by atoms with Gasteiger partial charge in [-0.05, 0) is 48.9 Å². The Balaban J connectivity index is 1.53. The Morgan fingerprint density at radius 2 is 1.74 bits per heavy atom. The molecule has 0 spiro atoms. The van der Waals surface area contributed by atoms with Crippen LogP contribution in [-0.2, 0) is 16.1 Å². The van der Waals surface area contributed by atoms with Crippen molar-refractivity contribution in [1.29, 1.82) is 0 Å². The van der Waals surface area contributed by atoms with Crippen LogP contribution in [0.1, 0.15) is 18.9 Å². The average Bonchev–Trinajstić information content (AvgIpc) is 3.15. The first-order valence-electron chi connectivity index (χ1n) is 11.3. The Hall–Kier alpha value is -3.78. The molecule has 1 aliphatic heterocycles. The Bertz CT molecular complexity index is 1200. The number of nitrogens with zero attached hydrogens (tertiary/aromatic N) is 2. The summed E-state index contributed by atoms with van der Waals surface area (Å²) in [6, 6.07) is 24.3. The molecule has 2 amide bonds. The molecule has 1 fully saturated rings. The summed E-state index contributed by atoms with van der Waals surface area (Å²) in [4.78, 5) is 32.6. The molecule has 3 aromatic rings. The van der Waals surface area contributed by atoms with Crippen LogP contribution in [0.5, 0.6) is 11.5 Å². The van der Waals surface area contributed by atoms with Crippen molar-refractivity contribution in [2.75, 3.05) is 19.0 Å². The number of thioether (sulfide) groups is 1. The molecule has 7 nitrogen and oxygen atoms in total. The van der Waals surface area contributed by atoms with Gasteiger partial charge in [0.25, 0.3) is 0 Å². The Morgan fingerprint density at radius 1 is 1.03 bits per heavy atom. The van der Waals surface area contributed by atoms with Crippen LogP contribution < -0.4 is 14.8 Å². The molecule has 1 N–H and O–H groups in total. The highest BCUT2D eigenvalue weighted by Crippen LogP contribution is 2.34. The summed E-state index contributed by atoms with van der Waals surface area (Å²) < 4.78 is 10.8. The number of nitrogens with one attached hydrogen (secondary N) is 1. The number of ether oxygens (including phenoxy) is 2. The van der Waals surface area contributed by atoms with Crippen LogP contribution in [0.15, 0.2) is 83.9 Å². The van der Waals surface area contributed by atoms with Gasteiger partial charge < -0.3 is 14.8 Å². The van der Waals surface area contributed by atoms with E-state index in [0.29, 0.717) is 35.4 Å². The van der Waals surface area contributed by atoms with Crippen LogP contribution >= 0.6 is 11.8 Å². The lowest BCUT2D eigenvalue weighted by molar-refractivity contribution is -0.128. The molecule has 0 aromatic heterocycles. The first kappa shape index (κ1) is 24.3. The number of rotatable bonds is 9. The molecule has 35 heavy (non-hydrogen) atoms. The van der Waals surface area contributed by atoms with E-state index in [2.05, 4.69) is 5.32 Å². The average molecular weight is 490 g/mol. The zero-order valence-electron chi connectivity index (χ0n) is 19.6. The largest absolute Gasteiger partial charge is 0.495 e. The molecule has 4 rings (SSSR count). The van der Waals surface area contributed by atoms with Gasteiger partial charge in [0.15, 0.2) is 5.17 Å². The minimum Gasteiger partial charge on any atom is -0.495 e. The molecule has 0 aliphatic carbocycles. The van der Waals surface area contributed by atoms with E-state index < -0.39 is 5.25 Å². The fourth-order valence-electron chi connectivity index (χ4n) is 3.65. The molecule has 1 saturated heterocycles. The van der Waals surface area contributed by atoms with Gasteiger partial charge in [0, 0.05) is 6.42 Å². The monoisotopic (exact) mass is 489 g/mol. The summed E-state index contributed by atoms with van der Waals surface area (Å²) in [6.45, 7) is 2.90. The maximum absolute atomic E-state index is 13.4. The number of amides is 2. The van der Waals surface area contributed by atoms with Gasteiger partial charge in [-0.2, -0.15) is 0 Å². The minimum atomic E-state index is -0.574. The summed E-state index contributed by atoms with van der Waals surface area (Å²) in [5.74, 6) is 0.925. The highest BCUT2D eigenvalue weighted by molar-refractivity contribution is 8.15. The Morgan fingerprint density at radius 3 is 2.46 bits per heavy atom. The zero-order chi connectivity index (χ0) is 24.6. The topological polar surface area (TPSA) is 80.2 Å². The number of benzene rings is 3. The van der Waals surface area contributed by atoms with Crippen molar-refractivity contribution in [1.82, 2.24) is 4.90 Å². The molecule has 1 atom stereocenters. The Labute approximate surface area is 209 Å². The van der Waals surface area contributed by atoms with Crippen LogP contribution in [0.4, 0.5) is 11.4 Å². The highest BCUT2D eigenvalue weighted by Gasteiger charge is 2.39. The van der Waals surface area contributed by atoms with E-state index in [1.54, 1.807) is 24.1 Å². The van der Waals surface area contributed by atoms with E-state index in [9.17, 15) is 9.59 Å². The predicted molar refractivity (Wildman–Crippen MR) is 139 cm³/mol. The molecule has 1 heterocycles. The standard InChI is InChI=1S/C27H27N3O4S/c1-3-34-21-15-13-20(14-16-21)28-27-30(18-19-9-5-4-6-10-19)26(32)24(35-27)17-25(31)29-22-11-7-8-12-23(22)33-2/h4-16,24H,3,17-18H2,1-2H3,(H,29,31). The van der Waals surface area contributed by atoms with Crippen LogP contribution in [0, 0.1) is 0 Å². The molecule has 0 radical (unpaired) electrons. The van der Waals surface area contributed by atoms with E-state index in [0.717, 1.165) is 11.3 Å². The van der Waals surface area contributed by atoms with Crippen molar-refractivity contribution < 1.29 is 19.1 Å². The van der Waals surface area contributed by atoms with Gasteiger partial charge in [-0.1, -0.05) is 54.2 Å². The summed E-state index contributed by atoms with van der Waals surface area (Å²) in [5, 5.41) is 2.85. The second-order valence-electron chi connectivity index (χ2n) is 7.79. The van der Waals surface area contributed by atoms with Crippen LogP contribution in [0.25, 0.3) is 0 Å². The number of carbonyl (C=O) groups is 2. The minimum absolute atomic E-state index is 0.0230. The first-order chi connectivity index (χ1) is 17.1. The van der Waals surface area contributed by atoms with E-state index in [1.807, 2.05) is 73.7 Å². The van der Waals surface area contributed by atoms with E-state index >= 15 is 0 Å². The molecule has 8 heteroatoms. The van der Waals surface area contributed by atoms with Crippen LogP contribution in [0.2, 0.25) is 0 Å². The van der Waals surface area contributed by atoms with E-state index in [-0.39, 0.29) is 18.2 Å². The van der Waals surface area contributed by atoms with Crippen molar-refractivity contribution in [2.45, 2.75) is 25.1 Å². The maximum atomic E-state index is 13.4. The second-order valence-corrected chi connectivity index (χ2v) is 8.96. The van der Waals surface area contributed by atoms with Gasteiger partial charge >= 0.3 is 0 Å². The quantitative estimate of drug-likeness (QED) is 0.444. The van der Waals surface area contributed by atoms with Gasteiger partial charge in [-0.25, -0.2) is 4.99 Å². The smallest absolute Gasteiger partial charge is 0.242 e. The lowest BCUT2D eigenvalue weighted by atomic mass is 10.2. The molecule has 180 valence electrons. The summed E-state index contributed by atoms with van der Waals surface area (Å²) in [5.41, 5.74) is 2.26. The van der Waals surface area contributed by atoms with Crippen LogP contribution in [-0.4, -0.2) is 40.8 Å². The third kappa shape index (κ3) is 6.22. The third-order valence-electron chi connectivity index (χ3n) is 5.33. The lowest BCUT2D eigenvalue weighted by Crippen LogP contribution is -2.33. The maximum Gasteiger partial charge on any atom is 0.242 e. The van der Waals surface area contributed by atoms with Gasteiger partial charge in [0.1, 0.15) is 16.7 Å². The van der Waals surface area contributed by atoms with Crippen molar-refractivity contribution >= 4 is 40.1 Å². The van der Waals surface area contributed by atoms with Crippen molar-refractivity contribution in [2.24, 2.45) is 4.99 Å². The normalized spacial score (nSPS) is 16.4. The first-order valence-corrected chi connectivity index (χ1v) is 12.2. The molecule has 0 saturated carbocycles. The van der Waals surface area contributed by atoms with Crippen molar-refractivity contribution in [3.63, 3.8) is 0 Å². The second kappa shape index (κ2) is 11.6. The SMILES string of the molecule is CCOc1ccc(N=C2SC(CC(=O)Nc3ccccc3OC)C(=O)N2Cc2ccccc2)cc1. The van der Waals surface area contributed by atoms with Gasteiger partial charge in [0.2, 0.25) is 11.8 Å². The van der Waals surface area contributed by atoms with Gasteiger partial charge in [-0.3, -0.25) is 14.5 Å². The Kier molecular flexibility index (Phi) is 8.05. The fourth-order valence-corrected chi connectivity index (χ4v) is 4.81. The molecular weight excluding hydrogens is 462 g/mol. The summed E-state index contributed by atoms with van der Waals surface area (Å²) in [6.07, 6.45) is 0.0230. The molecule has 3 aromatic carbocycles. The third-order valence-corrected chi connectivity index (χ3v) is 6.50. The lowest BCUT2D eigenvalue weighted by Gasteiger charge is -2.17. The summed E-state index contributed by atoms with van der Waals surface area (Å²) >= 11 is 1.31. The van der Waals surface area contributed by atoms with Crippen molar-refractivity contribution in [3.8, 4) is 11.5 Å². The predicted octanol–water partition coefficient (Wildman–Crippen LogP) is 5.25. The number of methoxy groups -OCH3 is 1. The number of hydrogen-bond donors (Lipinski definition) is 1. The van der Waals surface area contributed by atoms with Crippen molar-refractivity contribution in [3.05, 3.63) is 84.4 Å². The van der Waals surface area contributed by atoms with Gasteiger partial charge in [-0.15, -0.1) is 0 Å². The number of amidine groups is 1. The molecule has 1 aliphatic rings. The zero-order valence-corrected chi connectivity index (χ0v) is 20.5. The van der Waals surface area contributed by atoms with Gasteiger partial charge in [0.05, 0.1) is 31.6 Å². The van der Waals surface area contributed by atoms with Crippen LogP contribution in [0.3, 0.4) is 0 Å². The number of para-hydroxylation sites is 2. The number of hydrogen-bond acceptors (Lipinski definition) is 6. The number of anilines is 1.